The second-order valence-corrected chi connectivity index (χ2v) is 7.72. The summed E-state index contributed by atoms with van der Waals surface area (Å²) in [5.41, 5.74) is 3.04. The minimum atomic E-state index is -1.07. The Bertz CT molecular complexity index is 1300. The molecule has 0 aliphatic heterocycles. The lowest BCUT2D eigenvalue weighted by Gasteiger charge is -2.12. The molecule has 0 atom stereocenters. The monoisotopic (exact) mass is 466 g/mol. The maximum atomic E-state index is 14.7. The molecule has 34 heavy (non-hydrogen) atoms. The van der Waals surface area contributed by atoms with Crippen molar-refractivity contribution in [3.63, 3.8) is 0 Å². The summed E-state index contributed by atoms with van der Waals surface area (Å²) in [6.45, 7) is 1.99. The van der Waals surface area contributed by atoms with Gasteiger partial charge >= 0.3 is 0 Å². The third kappa shape index (κ3) is 4.62. The normalized spacial score (nSPS) is 10.9. The molecule has 0 aliphatic rings. The molecule has 0 amide bonds. The summed E-state index contributed by atoms with van der Waals surface area (Å²) >= 11 is 0. The van der Waals surface area contributed by atoms with Crippen LogP contribution in [0.15, 0.2) is 72.8 Å². The Kier molecular flexibility index (Phi) is 6.87. The average Bonchev–Trinajstić information content (AvgIpc) is 2.87. The summed E-state index contributed by atoms with van der Waals surface area (Å²) < 4.78 is 67.9. The summed E-state index contributed by atoms with van der Waals surface area (Å²) in [5, 5.41) is 0. The highest BCUT2D eigenvalue weighted by molar-refractivity contribution is 5.66. The van der Waals surface area contributed by atoms with Crippen LogP contribution in [0.2, 0.25) is 0 Å². The highest BCUT2D eigenvalue weighted by Crippen LogP contribution is 2.32. The first kappa shape index (κ1) is 23.4. The molecule has 174 valence electrons. The van der Waals surface area contributed by atoms with Crippen LogP contribution in [0.3, 0.4) is 0 Å². The summed E-state index contributed by atoms with van der Waals surface area (Å²) in [6, 6.07) is 19.4. The standard InChI is InChI=1S/C28H22F4O2/c1-3-17-4-8-19(9-5-17)22-13-15-24(28(32)26(22)30)34-16-18-6-10-20(11-7-18)21-12-14-23(33-2)27(31)25(21)29/h4-15H,3,16H2,1-2H3. The number of rotatable bonds is 7. The molecule has 6 heteroatoms. The molecule has 0 spiro atoms. The van der Waals surface area contributed by atoms with E-state index in [1.165, 1.54) is 31.4 Å². The van der Waals surface area contributed by atoms with Crippen molar-refractivity contribution in [2.75, 3.05) is 7.11 Å². The van der Waals surface area contributed by atoms with Gasteiger partial charge in [0.05, 0.1) is 7.11 Å². The molecule has 0 N–H and O–H groups in total. The Labute approximate surface area is 195 Å². The van der Waals surface area contributed by atoms with E-state index >= 15 is 0 Å². The van der Waals surface area contributed by atoms with Crippen molar-refractivity contribution in [2.24, 2.45) is 0 Å². The zero-order valence-corrected chi connectivity index (χ0v) is 18.7. The summed E-state index contributed by atoms with van der Waals surface area (Å²) in [6.07, 6.45) is 0.858. The van der Waals surface area contributed by atoms with Crippen LogP contribution in [0.5, 0.6) is 11.5 Å². The molecule has 0 saturated heterocycles. The molecule has 2 nitrogen and oxygen atoms in total. The van der Waals surface area contributed by atoms with Crippen LogP contribution in [-0.2, 0) is 13.0 Å². The number of benzene rings is 4. The Morgan fingerprint density at radius 1 is 0.559 bits per heavy atom. The second kappa shape index (κ2) is 10.00. The molecule has 4 aromatic rings. The van der Waals surface area contributed by atoms with E-state index in [9.17, 15) is 17.6 Å². The van der Waals surface area contributed by atoms with Gasteiger partial charge in [-0.2, -0.15) is 8.78 Å². The molecule has 0 bridgehead atoms. The first-order chi connectivity index (χ1) is 16.4. The van der Waals surface area contributed by atoms with Gasteiger partial charge < -0.3 is 9.47 Å². The fraction of sp³-hybridized carbons (Fsp3) is 0.143. The smallest absolute Gasteiger partial charge is 0.201 e. The lowest BCUT2D eigenvalue weighted by Crippen LogP contribution is -2.00. The van der Waals surface area contributed by atoms with Crippen molar-refractivity contribution in [3.8, 4) is 33.8 Å². The SMILES string of the molecule is CCc1ccc(-c2ccc(OCc3ccc(-c4ccc(OC)c(F)c4F)cc3)c(F)c2F)cc1. The molecule has 0 aliphatic carbocycles. The molecule has 0 heterocycles. The third-order valence-electron chi connectivity index (χ3n) is 5.65. The van der Waals surface area contributed by atoms with Gasteiger partial charge in [-0.05, 0) is 52.9 Å². The van der Waals surface area contributed by atoms with Gasteiger partial charge in [0, 0.05) is 11.1 Å². The Balaban J connectivity index is 1.48. The number of ether oxygens (including phenoxy) is 2. The highest BCUT2D eigenvalue weighted by Gasteiger charge is 2.17. The quantitative estimate of drug-likeness (QED) is 0.260. The van der Waals surface area contributed by atoms with Crippen molar-refractivity contribution in [1.82, 2.24) is 0 Å². The maximum absolute atomic E-state index is 14.7. The number of hydrogen-bond donors (Lipinski definition) is 0. The zero-order valence-electron chi connectivity index (χ0n) is 18.7. The molecular formula is C28H22F4O2. The fourth-order valence-corrected chi connectivity index (χ4v) is 3.64. The second-order valence-electron chi connectivity index (χ2n) is 7.72. The first-order valence-electron chi connectivity index (χ1n) is 10.7. The summed E-state index contributed by atoms with van der Waals surface area (Å²) in [5.74, 6) is -4.50. The molecular weight excluding hydrogens is 444 g/mol. The van der Waals surface area contributed by atoms with Crippen LogP contribution in [-0.4, -0.2) is 7.11 Å². The van der Waals surface area contributed by atoms with Crippen LogP contribution in [0, 0.1) is 23.3 Å². The van der Waals surface area contributed by atoms with Gasteiger partial charge in [-0.1, -0.05) is 55.5 Å². The van der Waals surface area contributed by atoms with E-state index < -0.39 is 23.3 Å². The molecule has 0 unspecified atom stereocenters. The predicted octanol–water partition coefficient (Wildman–Crippen LogP) is 7.73. The zero-order chi connectivity index (χ0) is 24.2. The summed E-state index contributed by atoms with van der Waals surface area (Å²) in [4.78, 5) is 0. The van der Waals surface area contributed by atoms with E-state index in [0.29, 0.717) is 16.7 Å². The lowest BCUT2D eigenvalue weighted by atomic mass is 10.0. The number of hydrogen-bond acceptors (Lipinski definition) is 2. The lowest BCUT2D eigenvalue weighted by molar-refractivity contribution is 0.285. The van der Waals surface area contributed by atoms with Crippen LogP contribution in [0.1, 0.15) is 18.1 Å². The van der Waals surface area contributed by atoms with E-state index in [-0.39, 0.29) is 29.2 Å². The first-order valence-corrected chi connectivity index (χ1v) is 10.7. The Hall–Kier alpha value is -3.80. The van der Waals surface area contributed by atoms with Crippen LogP contribution < -0.4 is 9.47 Å². The van der Waals surface area contributed by atoms with Gasteiger partial charge in [0.15, 0.2) is 23.1 Å². The maximum Gasteiger partial charge on any atom is 0.201 e. The van der Waals surface area contributed by atoms with Crippen molar-refractivity contribution >= 4 is 0 Å². The van der Waals surface area contributed by atoms with Crippen molar-refractivity contribution < 1.29 is 27.0 Å². The van der Waals surface area contributed by atoms with E-state index in [4.69, 9.17) is 9.47 Å². The Morgan fingerprint density at radius 3 is 1.53 bits per heavy atom. The molecule has 4 aromatic carbocycles. The van der Waals surface area contributed by atoms with Crippen molar-refractivity contribution in [1.29, 1.82) is 0 Å². The van der Waals surface area contributed by atoms with E-state index in [1.807, 2.05) is 19.1 Å². The van der Waals surface area contributed by atoms with E-state index in [2.05, 4.69) is 0 Å². The van der Waals surface area contributed by atoms with Crippen LogP contribution in [0.4, 0.5) is 17.6 Å². The van der Waals surface area contributed by atoms with Crippen molar-refractivity contribution in [3.05, 3.63) is 107 Å². The number of aryl methyl sites for hydroxylation is 1. The van der Waals surface area contributed by atoms with Crippen LogP contribution in [0.25, 0.3) is 22.3 Å². The predicted molar refractivity (Wildman–Crippen MR) is 124 cm³/mol. The molecule has 0 saturated carbocycles. The van der Waals surface area contributed by atoms with Crippen molar-refractivity contribution in [2.45, 2.75) is 20.0 Å². The van der Waals surface area contributed by atoms with Gasteiger partial charge in [-0.3, -0.25) is 0 Å². The van der Waals surface area contributed by atoms with Gasteiger partial charge in [0.1, 0.15) is 6.61 Å². The minimum absolute atomic E-state index is 0.0271. The fourth-order valence-electron chi connectivity index (χ4n) is 3.64. The molecule has 4 rings (SSSR count). The van der Waals surface area contributed by atoms with Gasteiger partial charge in [0.25, 0.3) is 0 Å². The average molecular weight is 466 g/mol. The Morgan fingerprint density at radius 2 is 1.03 bits per heavy atom. The number of methoxy groups -OCH3 is 1. The van der Waals surface area contributed by atoms with Gasteiger partial charge in [-0.15, -0.1) is 0 Å². The van der Waals surface area contributed by atoms with Gasteiger partial charge in [0.2, 0.25) is 11.6 Å². The van der Waals surface area contributed by atoms with E-state index in [0.717, 1.165) is 12.0 Å². The topological polar surface area (TPSA) is 18.5 Å². The third-order valence-corrected chi connectivity index (χ3v) is 5.65. The minimum Gasteiger partial charge on any atom is -0.494 e. The van der Waals surface area contributed by atoms with E-state index in [1.54, 1.807) is 36.4 Å². The van der Waals surface area contributed by atoms with Gasteiger partial charge in [-0.25, -0.2) is 8.78 Å². The molecule has 0 fully saturated rings. The molecule has 0 aromatic heterocycles. The van der Waals surface area contributed by atoms with Crippen LogP contribution >= 0.6 is 0 Å². The largest absolute Gasteiger partial charge is 0.494 e. The summed E-state index contributed by atoms with van der Waals surface area (Å²) in [7, 11) is 1.26. The number of halogens is 4. The highest BCUT2D eigenvalue weighted by atomic mass is 19.2. The molecule has 0 radical (unpaired) electrons.